The first kappa shape index (κ1) is 15.1. The highest BCUT2D eigenvalue weighted by molar-refractivity contribution is 8.01. The molecule has 0 aromatic heterocycles. The molecular formula is C18H20N2OS. The van der Waals surface area contributed by atoms with Crippen molar-refractivity contribution in [1.82, 2.24) is 5.32 Å². The molecule has 3 nitrogen and oxygen atoms in total. The normalized spacial score (nSPS) is 16.9. The van der Waals surface area contributed by atoms with E-state index in [1.165, 1.54) is 17.7 Å². The second kappa shape index (κ2) is 6.55. The van der Waals surface area contributed by atoms with Crippen LogP contribution in [0.25, 0.3) is 0 Å². The van der Waals surface area contributed by atoms with Crippen LogP contribution in [0.4, 0.5) is 0 Å². The number of hydrogen-bond donors (Lipinski definition) is 2. The monoisotopic (exact) mass is 312 g/mol. The molecule has 114 valence electrons. The Kier molecular flexibility index (Phi) is 4.50. The van der Waals surface area contributed by atoms with Crippen LogP contribution in [0.5, 0.6) is 0 Å². The summed E-state index contributed by atoms with van der Waals surface area (Å²) in [6, 6.07) is 19.7. The number of rotatable bonds is 7. The van der Waals surface area contributed by atoms with E-state index in [0.717, 1.165) is 12.1 Å². The van der Waals surface area contributed by atoms with Crippen molar-refractivity contribution in [2.45, 2.75) is 28.5 Å². The number of carbonyl (C=O) groups excluding carboxylic acids is 1. The van der Waals surface area contributed by atoms with E-state index in [-0.39, 0.29) is 10.7 Å². The molecule has 1 aliphatic rings. The van der Waals surface area contributed by atoms with Crippen LogP contribution in [-0.2, 0) is 4.79 Å². The van der Waals surface area contributed by atoms with Crippen LogP contribution in [0.3, 0.4) is 0 Å². The Hall–Kier alpha value is -1.78. The molecule has 0 unspecified atom stereocenters. The van der Waals surface area contributed by atoms with Crippen LogP contribution in [-0.4, -0.2) is 17.2 Å². The zero-order valence-corrected chi connectivity index (χ0v) is 13.2. The minimum atomic E-state index is -0.421. The number of nitrogens with one attached hydrogen (secondary N) is 1. The van der Waals surface area contributed by atoms with E-state index in [2.05, 4.69) is 29.6 Å². The van der Waals surface area contributed by atoms with Crippen molar-refractivity contribution in [2.24, 2.45) is 5.73 Å². The summed E-state index contributed by atoms with van der Waals surface area (Å²) in [4.78, 5) is 13.0. The maximum atomic E-state index is 11.7. The van der Waals surface area contributed by atoms with Crippen molar-refractivity contribution < 1.29 is 4.79 Å². The average Bonchev–Trinajstić information content (AvgIpc) is 3.29. The molecule has 0 bridgehead atoms. The SMILES string of the molecule is NC(=O)[C@H](NCC1(Sc2ccccc2)CC1)c1ccccc1. The molecule has 0 aliphatic heterocycles. The van der Waals surface area contributed by atoms with Crippen LogP contribution in [0.2, 0.25) is 0 Å². The number of benzene rings is 2. The van der Waals surface area contributed by atoms with Gasteiger partial charge in [-0.15, -0.1) is 11.8 Å². The highest BCUT2D eigenvalue weighted by atomic mass is 32.2. The summed E-state index contributed by atoms with van der Waals surface area (Å²) in [5.74, 6) is -0.327. The van der Waals surface area contributed by atoms with Crippen LogP contribution in [0, 0.1) is 0 Å². The van der Waals surface area contributed by atoms with Crippen LogP contribution in [0.1, 0.15) is 24.4 Å². The number of hydrogen-bond acceptors (Lipinski definition) is 3. The molecule has 2 aromatic carbocycles. The minimum absolute atomic E-state index is 0.198. The summed E-state index contributed by atoms with van der Waals surface area (Å²) in [5, 5.41) is 3.36. The second-order valence-corrected chi connectivity index (χ2v) is 7.27. The summed E-state index contributed by atoms with van der Waals surface area (Å²) in [6.45, 7) is 0.787. The molecule has 1 saturated carbocycles. The Morgan fingerprint density at radius 3 is 2.23 bits per heavy atom. The molecule has 0 spiro atoms. The molecule has 3 N–H and O–H groups in total. The van der Waals surface area contributed by atoms with Crippen LogP contribution in [0.15, 0.2) is 65.6 Å². The Bertz CT molecular complexity index is 626. The van der Waals surface area contributed by atoms with Gasteiger partial charge >= 0.3 is 0 Å². The second-order valence-electron chi connectivity index (χ2n) is 5.73. The molecule has 4 heteroatoms. The van der Waals surface area contributed by atoms with E-state index in [1.807, 2.05) is 48.2 Å². The smallest absolute Gasteiger partial charge is 0.239 e. The lowest BCUT2D eigenvalue weighted by Gasteiger charge is -2.21. The molecule has 1 atom stereocenters. The topological polar surface area (TPSA) is 55.1 Å². The van der Waals surface area contributed by atoms with Crippen molar-refractivity contribution >= 4 is 17.7 Å². The Labute approximate surface area is 135 Å². The third-order valence-electron chi connectivity index (χ3n) is 3.93. The van der Waals surface area contributed by atoms with E-state index in [1.54, 1.807) is 0 Å². The number of amides is 1. The molecule has 22 heavy (non-hydrogen) atoms. The Morgan fingerprint density at radius 2 is 1.68 bits per heavy atom. The Balaban J connectivity index is 1.64. The maximum absolute atomic E-state index is 11.7. The number of primary amides is 1. The van der Waals surface area contributed by atoms with E-state index in [4.69, 9.17) is 5.73 Å². The fourth-order valence-electron chi connectivity index (χ4n) is 2.51. The molecule has 1 fully saturated rings. The molecule has 2 aromatic rings. The summed E-state index contributed by atoms with van der Waals surface area (Å²) >= 11 is 1.89. The third-order valence-corrected chi connectivity index (χ3v) is 5.42. The molecule has 0 saturated heterocycles. The lowest BCUT2D eigenvalue weighted by atomic mass is 10.1. The largest absolute Gasteiger partial charge is 0.368 e. The van der Waals surface area contributed by atoms with Crippen LogP contribution >= 0.6 is 11.8 Å². The summed E-state index contributed by atoms with van der Waals surface area (Å²) in [5.41, 5.74) is 6.49. The lowest BCUT2D eigenvalue weighted by molar-refractivity contribution is -0.120. The van der Waals surface area contributed by atoms with Gasteiger partial charge in [-0.2, -0.15) is 0 Å². The lowest BCUT2D eigenvalue weighted by Crippen LogP contribution is -2.37. The fraction of sp³-hybridized carbons (Fsp3) is 0.278. The molecule has 1 aliphatic carbocycles. The third kappa shape index (κ3) is 3.70. The van der Waals surface area contributed by atoms with Gasteiger partial charge < -0.3 is 11.1 Å². The van der Waals surface area contributed by atoms with Gasteiger partial charge in [-0.3, -0.25) is 4.79 Å². The molecule has 0 radical (unpaired) electrons. The van der Waals surface area contributed by atoms with E-state index < -0.39 is 6.04 Å². The van der Waals surface area contributed by atoms with Crippen molar-refractivity contribution in [3.05, 3.63) is 66.2 Å². The number of nitrogens with two attached hydrogens (primary N) is 1. The number of thioether (sulfide) groups is 1. The van der Waals surface area contributed by atoms with Gasteiger partial charge in [-0.05, 0) is 30.5 Å². The van der Waals surface area contributed by atoms with E-state index in [9.17, 15) is 4.79 Å². The predicted molar refractivity (Wildman–Crippen MR) is 90.6 cm³/mol. The van der Waals surface area contributed by atoms with Crippen LogP contribution < -0.4 is 11.1 Å². The Morgan fingerprint density at radius 1 is 1.09 bits per heavy atom. The van der Waals surface area contributed by atoms with Crippen molar-refractivity contribution in [1.29, 1.82) is 0 Å². The van der Waals surface area contributed by atoms with Gasteiger partial charge in [0.1, 0.15) is 6.04 Å². The average molecular weight is 312 g/mol. The fourth-order valence-corrected chi connectivity index (χ4v) is 3.76. The van der Waals surface area contributed by atoms with Gasteiger partial charge in [0.25, 0.3) is 0 Å². The minimum Gasteiger partial charge on any atom is -0.368 e. The van der Waals surface area contributed by atoms with Crippen molar-refractivity contribution in [2.75, 3.05) is 6.54 Å². The summed E-state index contributed by atoms with van der Waals surface area (Å²) in [6.07, 6.45) is 2.33. The first-order chi connectivity index (χ1) is 10.7. The maximum Gasteiger partial charge on any atom is 0.239 e. The first-order valence-electron chi connectivity index (χ1n) is 7.50. The molecule has 1 amide bonds. The van der Waals surface area contributed by atoms with Gasteiger partial charge in [-0.25, -0.2) is 0 Å². The predicted octanol–water partition coefficient (Wildman–Crippen LogP) is 3.13. The quantitative estimate of drug-likeness (QED) is 0.826. The molecule has 3 rings (SSSR count). The summed E-state index contributed by atoms with van der Waals surface area (Å²) < 4.78 is 0.198. The first-order valence-corrected chi connectivity index (χ1v) is 8.32. The number of carbonyl (C=O) groups is 1. The van der Waals surface area contributed by atoms with Gasteiger partial charge in [0.15, 0.2) is 0 Å². The van der Waals surface area contributed by atoms with Gasteiger partial charge in [0, 0.05) is 16.2 Å². The standard InChI is InChI=1S/C18H20N2OS/c19-17(21)16(14-7-3-1-4-8-14)20-13-18(11-12-18)22-15-9-5-2-6-10-15/h1-10,16,20H,11-13H2,(H2,19,21)/t16-/m1/s1. The zero-order chi connectivity index (χ0) is 15.4. The van der Waals surface area contributed by atoms with Gasteiger partial charge in [-0.1, -0.05) is 48.5 Å². The van der Waals surface area contributed by atoms with E-state index >= 15 is 0 Å². The van der Waals surface area contributed by atoms with Crippen molar-refractivity contribution in [3.63, 3.8) is 0 Å². The van der Waals surface area contributed by atoms with Gasteiger partial charge in [0.05, 0.1) is 0 Å². The highest BCUT2D eigenvalue weighted by Crippen LogP contribution is 2.51. The van der Waals surface area contributed by atoms with E-state index in [0.29, 0.717) is 0 Å². The highest BCUT2D eigenvalue weighted by Gasteiger charge is 2.44. The zero-order valence-electron chi connectivity index (χ0n) is 12.4. The van der Waals surface area contributed by atoms with Crippen molar-refractivity contribution in [3.8, 4) is 0 Å². The molecule has 0 heterocycles. The molecular weight excluding hydrogens is 292 g/mol. The van der Waals surface area contributed by atoms with Gasteiger partial charge in [0.2, 0.25) is 5.91 Å². The summed E-state index contributed by atoms with van der Waals surface area (Å²) in [7, 11) is 0.